The van der Waals surface area contributed by atoms with Crippen molar-refractivity contribution in [3.05, 3.63) is 58.0 Å². The summed E-state index contributed by atoms with van der Waals surface area (Å²) >= 11 is 0. The van der Waals surface area contributed by atoms with Crippen molar-refractivity contribution in [3.8, 4) is 11.5 Å². The molecule has 0 saturated heterocycles. The molecule has 0 aliphatic carbocycles. The van der Waals surface area contributed by atoms with E-state index in [1.807, 2.05) is 6.92 Å². The van der Waals surface area contributed by atoms with E-state index in [9.17, 15) is 9.59 Å². The number of carbonyl (C=O) groups excluding carboxylic acids is 1. The Morgan fingerprint density at radius 1 is 1.19 bits per heavy atom. The summed E-state index contributed by atoms with van der Waals surface area (Å²) in [5.41, 5.74) is 2.70. The summed E-state index contributed by atoms with van der Waals surface area (Å²) in [4.78, 5) is 29.1. The summed E-state index contributed by atoms with van der Waals surface area (Å²) in [6.07, 6.45) is 0. The molecule has 0 fully saturated rings. The van der Waals surface area contributed by atoms with E-state index in [1.165, 1.54) is 0 Å². The zero-order valence-electron chi connectivity index (χ0n) is 14.4. The van der Waals surface area contributed by atoms with Crippen LogP contribution in [0.15, 0.2) is 41.2 Å². The third-order valence-electron chi connectivity index (χ3n) is 4.32. The van der Waals surface area contributed by atoms with Crippen molar-refractivity contribution in [2.45, 2.75) is 20.4 Å². The fourth-order valence-electron chi connectivity index (χ4n) is 3.01. The van der Waals surface area contributed by atoms with Crippen molar-refractivity contribution >= 4 is 22.6 Å². The van der Waals surface area contributed by atoms with E-state index < -0.39 is 0 Å². The number of fused-ring (bicyclic) bond motifs is 2. The van der Waals surface area contributed by atoms with E-state index in [2.05, 4.69) is 10.3 Å². The number of ether oxygens (including phenoxy) is 2. The molecule has 0 spiro atoms. The zero-order chi connectivity index (χ0) is 18.3. The number of aromatic nitrogens is 2. The summed E-state index contributed by atoms with van der Waals surface area (Å²) in [6, 6.07) is 10.4. The second kappa shape index (κ2) is 6.18. The molecule has 1 N–H and O–H groups in total. The minimum absolute atomic E-state index is 0.113. The van der Waals surface area contributed by atoms with Gasteiger partial charge in [-0.05, 0) is 44.2 Å². The van der Waals surface area contributed by atoms with E-state index in [0.717, 1.165) is 0 Å². The highest BCUT2D eigenvalue weighted by Gasteiger charge is 2.15. The van der Waals surface area contributed by atoms with Gasteiger partial charge in [-0.15, -0.1) is 0 Å². The van der Waals surface area contributed by atoms with Gasteiger partial charge in [0.15, 0.2) is 11.5 Å². The van der Waals surface area contributed by atoms with E-state index >= 15 is 0 Å². The molecular formula is C19H17N3O4. The molecule has 2 heterocycles. The van der Waals surface area contributed by atoms with Gasteiger partial charge < -0.3 is 19.4 Å². The van der Waals surface area contributed by atoms with Crippen LogP contribution in [0.5, 0.6) is 11.5 Å². The van der Waals surface area contributed by atoms with E-state index in [1.54, 1.807) is 47.9 Å². The molecule has 0 radical (unpaired) electrons. The second-order valence-electron chi connectivity index (χ2n) is 5.97. The molecule has 1 aliphatic heterocycles. The third-order valence-corrected chi connectivity index (χ3v) is 4.32. The van der Waals surface area contributed by atoms with Gasteiger partial charge in [-0.2, -0.15) is 0 Å². The first-order valence-electron chi connectivity index (χ1n) is 8.29. The molecule has 3 aromatic rings. The molecule has 0 unspecified atom stereocenters. The van der Waals surface area contributed by atoms with Crippen molar-refractivity contribution in [1.82, 2.24) is 9.55 Å². The lowest BCUT2D eigenvalue weighted by molar-refractivity contribution is 0.102. The molecule has 1 aromatic heterocycles. The first kappa shape index (κ1) is 16.1. The summed E-state index contributed by atoms with van der Waals surface area (Å²) in [6.45, 7) is 4.30. The average molecular weight is 351 g/mol. The highest BCUT2D eigenvalue weighted by molar-refractivity contribution is 6.06. The van der Waals surface area contributed by atoms with Crippen molar-refractivity contribution < 1.29 is 14.3 Å². The van der Waals surface area contributed by atoms with Gasteiger partial charge >= 0.3 is 0 Å². The number of benzene rings is 2. The lowest BCUT2D eigenvalue weighted by Crippen LogP contribution is -2.23. The number of rotatable bonds is 3. The van der Waals surface area contributed by atoms with Crippen LogP contribution >= 0.6 is 0 Å². The second-order valence-corrected chi connectivity index (χ2v) is 5.97. The maximum Gasteiger partial charge on any atom is 0.272 e. The molecule has 1 aliphatic rings. The topological polar surface area (TPSA) is 82.5 Å². The Morgan fingerprint density at radius 3 is 2.81 bits per heavy atom. The summed E-state index contributed by atoms with van der Waals surface area (Å²) < 4.78 is 12.2. The van der Waals surface area contributed by atoms with Crippen LogP contribution in [0.2, 0.25) is 0 Å². The number of nitrogens with one attached hydrogen (secondary N) is 1. The van der Waals surface area contributed by atoms with Crippen molar-refractivity contribution in [2.75, 3.05) is 12.1 Å². The monoisotopic (exact) mass is 351 g/mol. The van der Waals surface area contributed by atoms with E-state index in [0.29, 0.717) is 46.0 Å². The Labute approximate surface area is 149 Å². The van der Waals surface area contributed by atoms with Crippen LogP contribution in [-0.2, 0) is 6.54 Å². The fourth-order valence-corrected chi connectivity index (χ4v) is 3.01. The van der Waals surface area contributed by atoms with Crippen LogP contribution in [0.1, 0.15) is 23.0 Å². The molecule has 0 bridgehead atoms. The molecule has 0 saturated carbocycles. The van der Waals surface area contributed by atoms with Gasteiger partial charge in [0.05, 0.1) is 11.0 Å². The highest BCUT2D eigenvalue weighted by Crippen LogP contribution is 2.34. The van der Waals surface area contributed by atoms with Gasteiger partial charge in [0.25, 0.3) is 11.5 Å². The minimum atomic E-state index is -0.264. The Balaban J connectivity index is 1.67. The molecule has 26 heavy (non-hydrogen) atoms. The molecule has 7 nitrogen and oxygen atoms in total. The first-order chi connectivity index (χ1) is 12.6. The average Bonchev–Trinajstić information content (AvgIpc) is 3.10. The molecule has 1 amide bonds. The molecule has 2 aromatic carbocycles. The van der Waals surface area contributed by atoms with E-state index in [-0.39, 0.29) is 18.3 Å². The van der Waals surface area contributed by atoms with Crippen LogP contribution in [0.4, 0.5) is 5.69 Å². The first-order valence-corrected chi connectivity index (χ1v) is 8.29. The molecule has 0 atom stereocenters. The van der Waals surface area contributed by atoms with Gasteiger partial charge in [0.1, 0.15) is 5.69 Å². The maximum absolute atomic E-state index is 12.6. The van der Waals surface area contributed by atoms with Crippen molar-refractivity contribution in [1.29, 1.82) is 0 Å². The number of hydrogen-bond donors (Lipinski definition) is 1. The fraction of sp³-hybridized carbons (Fsp3) is 0.211. The van der Waals surface area contributed by atoms with Gasteiger partial charge in [-0.25, -0.2) is 4.98 Å². The predicted octanol–water partition coefficient (Wildman–Crippen LogP) is 2.71. The summed E-state index contributed by atoms with van der Waals surface area (Å²) in [5, 5.41) is 2.84. The SMILES string of the molecule is CCn1c(=O)c(C)nc2cc(C(=O)Nc3ccc4c(c3)OCO4)ccc21. The van der Waals surface area contributed by atoms with E-state index in [4.69, 9.17) is 9.47 Å². The smallest absolute Gasteiger partial charge is 0.272 e. The van der Waals surface area contributed by atoms with Crippen LogP contribution in [-0.4, -0.2) is 22.3 Å². The van der Waals surface area contributed by atoms with Gasteiger partial charge in [-0.3, -0.25) is 9.59 Å². The number of carbonyl (C=O) groups is 1. The maximum atomic E-state index is 12.6. The van der Waals surface area contributed by atoms with Crippen molar-refractivity contribution in [3.63, 3.8) is 0 Å². The zero-order valence-corrected chi connectivity index (χ0v) is 14.4. The predicted molar refractivity (Wildman–Crippen MR) is 96.9 cm³/mol. The van der Waals surface area contributed by atoms with Crippen LogP contribution in [0.3, 0.4) is 0 Å². The van der Waals surface area contributed by atoms with Crippen LogP contribution < -0.4 is 20.3 Å². The number of anilines is 1. The molecule has 4 rings (SSSR count). The Kier molecular flexibility index (Phi) is 3.84. The third kappa shape index (κ3) is 2.67. The van der Waals surface area contributed by atoms with Gasteiger partial charge in [-0.1, -0.05) is 0 Å². The van der Waals surface area contributed by atoms with Gasteiger partial charge in [0, 0.05) is 23.9 Å². The summed E-state index contributed by atoms with van der Waals surface area (Å²) in [7, 11) is 0. The van der Waals surface area contributed by atoms with Crippen LogP contribution in [0, 0.1) is 6.92 Å². The van der Waals surface area contributed by atoms with Gasteiger partial charge in [0.2, 0.25) is 6.79 Å². The Hall–Kier alpha value is -3.35. The normalized spacial score (nSPS) is 12.4. The Bertz CT molecular complexity index is 1090. The number of aryl methyl sites for hydroxylation is 2. The quantitative estimate of drug-likeness (QED) is 0.784. The standard InChI is InChI=1S/C19H17N3O4/c1-3-22-15-6-4-12(8-14(15)20-11(2)19(22)24)18(23)21-13-5-7-16-17(9-13)26-10-25-16/h4-9H,3,10H2,1-2H3,(H,21,23). The van der Waals surface area contributed by atoms with Crippen molar-refractivity contribution in [2.24, 2.45) is 0 Å². The summed E-state index contributed by atoms with van der Waals surface area (Å²) in [5.74, 6) is 0.996. The number of amides is 1. The van der Waals surface area contributed by atoms with Crippen LogP contribution in [0.25, 0.3) is 11.0 Å². The lowest BCUT2D eigenvalue weighted by Gasteiger charge is -2.10. The lowest BCUT2D eigenvalue weighted by atomic mass is 10.1. The molecular weight excluding hydrogens is 334 g/mol. The Morgan fingerprint density at radius 2 is 2.00 bits per heavy atom. The molecule has 7 heteroatoms. The number of nitrogens with zero attached hydrogens (tertiary/aromatic N) is 2. The molecule has 132 valence electrons. The minimum Gasteiger partial charge on any atom is -0.454 e. The number of hydrogen-bond acceptors (Lipinski definition) is 5. The highest BCUT2D eigenvalue weighted by atomic mass is 16.7. The largest absolute Gasteiger partial charge is 0.454 e.